The van der Waals surface area contributed by atoms with E-state index < -0.39 is 10.4 Å². The molecule has 2 aromatic carbocycles. The molecule has 0 radical (unpaired) electrons. The van der Waals surface area contributed by atoms with Gasteiger partial charge >= 0.3 is 103 Å². The number of aromatic nitrogens is 2. The molecule has 28 heavy (non-hydrogen) atoms. The zero-order valence-corrected chi connectivity index (χ0v) is 22.5. The van der Waals surface area contributed by atoms with Crippen molar-refractivity contribution in [1.82, 2.24) is 9.97 Å². The first-order chi connectivity index (χ1) is 12.3. The van der Waals surface area contributed by atoms with E-state index in [0.717, 1.165) is 16.4 Å². The zero-order valence-electron chi connectivity index (χ0n) is 15.4. The second-order valence-electron chi connectivity index (χ2n) is 4.97. The molecule has 0 unspecified atom stereocenters. The predicted octanol–water partition coefficient (Wildman–Crippen LogP) is -3.15. The molecule has 1 N–H and O–H groups in total. The van der Waals surface area contributed by atoms with E-state index in [1.807, 2.05) is 60.8 Å². The molecule has 0 amide bonds. The van der Waals surface area contributed by atoms with Crippen molar-refractivity contribution in [1.29, 1.82) is 0 Å². The Morgan fingerprint density at radius 3 is 1.75 bits per heavy atom. The average molecular weight is 449 g/mol. The Bertz CT molecular complexity index is 1040. The van der Waals surface area contributed by atoms with Gasteiger partial charge in [0.25, 0.3) is 0 Å². The Kier molecular flexibility index (Phi) is 14.4. The van der Waals surface area contributed by atoms with Gasteiger partial charge in [-0.1, -0.05) is 42.5 Å². The Balaban J connectivity index is 0.000000403. The first-order valence-electron chi connectivity index (χ1n) is 7.34. The van der Waals surface area contributed by atoms with Gasteiger partial charge in [0.05, 0.1) is 11.0 Å². The smallest absolute Gasteiger partial charge is 0.759 e. The molecule has 0 atom stereocenters. The Morgan fingerprint density at radius 2 is 1.18 bits per heavy atom. The molecule has 0 saturated heterocycles. The SMILES string of the molecule is O=S(=O)([O-])[O-].Oc1ccc2ccccc2n1.[K+].[K+].c1ccc2ncccc2c1. The van der Waals surface area contributed by atoms with Gasteiger partial charge in [-0.3, -0.25) is 13.4 Å². The summed E-state index contributed by atoms with van der Waals surface area (Å²) >= 11 is 0. The number of fused-ring (bicyclic) bond motifs is 2. The molecule has 0 bridgehead atoms. The zero-order chi connectivity index (χ0) is 19.0. The normalized spacial score (nSPS) is 9.64. The van der Waals surface area contributed by atoms with Gasteiger partial charge in [0.15, 0.2) is 0 Å². The summed E-state index contributed by atoms with van der Waals surface area (Å²) in [5.74, 6) is 0.0729. The Hall–Kier alpha value is 0.203. The summed E-state index contributed by atoms with van der Waals surface area (Å²) in [5, 5.41) is 11.3. The van der Waals surface area contributed by atoms with Crippen molar-refractivity contribution in [2.75, 3.05) is 0 Å². The van der Waals surface area contributed by atoms with E-state index in [1.54, 1.807) is 6.07 Å². The Morgan fingerprint density at radius 1 is 0.714 bits per heavy atom. The summed E-state index contributed by atoms with van der Waals surface area (Å²) in [5.41, 5.74) is 1.89. The molecule has 7 nitrogen and oxygen atoms in total. The van der Waals surface area contributed by atoms with Crippen LogP contribution in [0.1, 0.15) is 0 Å². The van der Waals surface area contributed by atoms with Crippen molar-refractivity contribution in [3.8, 4) is 5.88 Å². The summed E-state index contributed by atoms with van der Waals surface area (Å²) in [6, 6.07) is 23.2. The molecular weight excluding hydrogens is 434 g/mol. The number of benzene rings is 2. The van der Waals surface area contributed by atoms with E-state index >= 15 is 0 Å². The van der Waals surface area contributed by atoms with Crippen LogP contribution in [0.4, 0.5) is 0 Å². The van der Waals surface area contributed by atoms with Crippen LogP contribution in [-0.4, -0.2) is 32.6 Å². The maximum Gasteiger partial charge on any atom is 1.00 e. The molecule has 0 aliphatic rings. The minimum absolute atomic E-state index is 0. The third kappa shape index (κ3) is 11.4. The third-order valence-electron chi connectivity index (χ3n) is 3.10. The second-order valence-corrected chi connectivity index (χ2v) is 5.78. The molecule has 0 saturated carbocycles. The van der Waals surface area contributed by atoms with E-state index in [0.29, 0.717) is 0 Å². The van der Waals surface area contributed by atoms with Crippen LogP contribution in [0.25, 0.3) is 21.8 Å². The molecule has 2 heterocycles. The van der Waals surface area contributed by atoms with Crippen molar-refractivity contribution in [3.05, 3.63) is 79.0 Å². The fourth-order valence-corrected chi connectivity index (χ4v) is 2.07. The van der Waals surface area contributed by atoms with Crippen LogP contribution in [0, 0.1) is 0 Å². The molecule has 134 valence electrons. The minimum atomic E-state index is -5.17. The number of para-hydroxylation sites is 2. The number of nitrogens with zero attached hydrogens (tertiary/aromatic N) is 2. The number of hydrogen-bond donors (Lipinski definition) is 1. The van der Waals surface area contributed by atoms with Crippen LogP contribution >= 0.6 is 0 Å². The van der Waals surface area contributed by atoms with Gasteiger partial charge < -0.3 is 14.2 Å². The summed E-state index contributed by atoms with van der Waals surface area (Å²) in [6.07, 6.45) is 1.81. The summed E-state index contributed by atoms with van der Waals surface area (Å²) in [6.45, 7) is 0. The predicted molar refractivity (Wildman–Crippen MR) is 95.6 cm³/mol. The van der Waals surface area contributed by atoms with Crippen LogP contribution < -0.4 is 103 Å². The molecule has 0 spiro atoms. The van der Waals surface area contributed by atoms with Gasteiger partial charge in [-0.2, -0.15) is 0 Å². The molecule has 4 rings (SSSR count). The quantitative estimate of drug-likeness (QED) is 0.171. The third-order valence-corrected chi connectivity index (χ3v) is 3.10. The van der Waals surface area contributed by atoms with Crippen molar-refractivity contribution < 1.29 is 125 Å². The van der Waals surface area contributed by atoms with E-state index in [-0.39, 0.29) is 109 Å². The van der Waals surface area contributed by atoms with Gasteiger partial charge in [0.2, 0.25) is 5.88 Å². The summed E-state index contributed by atoms with van der Waals surface area (Å²) < 4.78 is 34.1. The molecule has 0 aliphatic heterocycles. The van der Waals surface area contributed by atoms with E-state index in [9.17, 15) is 0 Å². The van der Waals surface area contributed by atoms with Crippen LogP contribution in [0.15, 0.2) is 79.0 Å². The average Bonchev–Trinajstić information content (AvgIpc) is 2.61. The van der Waals surface area contributed by atoms with Gasteiger partial charge in [0.1, 0.15) is 0 Å². The number of rotatable bonds is 0. The van der Waals surface area contributed by atoms with Crippen LogP contribution in [0.5, 0.6) is 5.88 Å². The van der Waals surface area contributed by atoms with Crippen molar-refractivity contribution in [2.45, 2.75) is 0 Å². The van der Waals surface area contributed by atoms with Crippen molar-refractivity contribution >= 4 is 32.2 Å². The maximum absolute atomic E-state index is 9.02. The molecule has 4 aromatic rings. The van der Waals surface area contributed by atoms with Crippen molar-refractivity contribution in [2.24, 2.45) is 0 Å². The molecule has 10 heteroatoms. The largest absolute Gasteiger partial charge is 1.00 e. The number of hydrogen-bond acceptors (Lipinski definition) is 7. The summed E-state index contributed by atoms with van der Waals surface area (Å²) in [4.78, 5) is 8.11. The van der Waals surface area contributed by atoms with E-state index in [1.165, 1.54) is 5.39 Å². The van der Waals surface area contributed by atoms with Gasteiger partial charge in [-0.05, 0) is 24.3 Å². The molecule has 2 aromatic heterocycles. The van der Waals surface area contributed by atoms with E-state index in [4.69, 9.17) is 22.6 Å². The number of pyridine rings is 2. The van der Waals surface area contributed by atoms with Gasteiger partial charge in [-0.15, -0.1) is 0 Å². The maximum atomic E-state index is 9.02. The van der Waals surface area contributed by atoms with Crippen LogP contribution in [-0.2, 0) is 10.4 Å². The van der Waals surface area contributed by atoms with Gasteiger partial charge in [-0.25, -0.2) is 4.98 Å². The molecule has 0 fully saturated rings. The topological polar surface area (TPSA) is 126 Å². The second kappa shape index (κ2) is 14.3. The monoisotopic (exact) mass is 448 g/mol. The molecule has 0 aliphatic carbocycles. The fourth-order valence-electron chi connectivity index (χ4n) is 2.07. The first kappa shape index (κ1) is 28.2. The molecular formula is C18H14K2N2O5S. The fraction of sp³-hybridized carbons (Fsp3) is 0. The first-order valence-corrected chi connectivity index (χ1v) is 8.67. The number of aromatic hydroxyl groups is 1. The van der Waals surface area contributed by atoms with E-state index in [2.05, 4.69) is 22.1 Å². The summed E-state index contributed by atoms with van der Waals surface area (Å²) in [7, 11) is -5.17. The van der Waals surface area contributed by atoms with Crippen molar-refractivity contribution in [3.63, 3.8) is 0 Å². The Labute approximate surface area is 248 Å². The van der Waals surface area contributed by atoms with Crippen LogP contribution in [0.3, 0.4) is 0 Å². The minimum Gasteiger partial charge on any atom is -0.759 e. The van der Waals surface area contributed by atoms with Gasteiger partial charge in [0, 0.05) is 33.4 Å². The standard InChI is InChI=1S/C9H7NO.C9H7N.2K.H2O4S/c11-9-6-5-7-3-1-2-4-8(7)10-9;1-2-6-9-8(4-1)5-3-7-10-9;;;1-5(2,3)4/h1-6H,(H,10,11);1-7H;;;(H2,1,2,3,4)/q;;2*+1;/p-2. The van der Waals surface area contributed by atoms with Crippen LogP contribution in [0.2, 0.25) is 0 Å².